The smallest absolute Gasteiger partial charge is 0.259 e. The number of rotatable bonds is 5. The van der Waals surface area contributed by atoms with Crippen molar-refractivity contribution in [3.63, 3.8) is 0 Å². The van der Waals surface area contributed by atoms with Gasteiger partial charge in [-0.3, -0.25) is 9.59 Å². The summed E-state index contributed by atoms with van der Waals surface area (Å²) in [5.74, 6) is -0.0712. The van der Waals surface area contributed by atoms with Crippen molar-refractivity contribution in [3.05, 3.63) is 53.5 Å². The molecule has 2 aromatic rings. The number of hydrogen-bond acceptors (Lipinski definition) is 4. The van der Waals surface area contributed by atoms with Gasteiger partial charge in [-0.2, -0.15) is 0 Å². The average Bonchev–Trinajstić information content (AvgIpc) is 2.91. The Bertz CT molecular complexity index is 649. The molecular formula is C15H17N3O3. The molecule has 4 N–H and O–H groups in total. The third-order valence-electron chi connectivity index (χ3n) is 2.95. The Morgan fingerprint density at radius 2 is 1.90 bits per heavy atom. The maximum absolute atomic E-state index is 12.2. The molecule has 0 aliphatic heterocycles. The van der Waals surface area contributed by atoms with E-state index in [9.17, 15) is 9.59 Å². The minimum atomic E-state index is -0.319. The van der Waals surface area contributed by atoms with Gasteiger partial charge in [-0.15, -0.1) is 0 Å². The summed E-state index contributed by atoms with van der Waals surface area (Å²) in [7, 11) is 0. The zero-order chi connectivity index (χ0) is 15.2. The fourth-order valence-electron chi connectivity index (χ4n) is 1.88. The van der Waals surface area contributed by atoms with E-state index in [4.69, 9.17) is 10.2 Å². The topological polar surface area (TPSA) is 97.4 Å². The van der Waals surface area contributed by atoms with Crippen LogP contribution in [-0.2, 0) is 0 Å². The summed E-state index contributed by atoms with van der Waals surface area (Å²) in [5, 5.41) is 5.39. The summed E-state index contributed by atoms with van der Waals surface area (Å²) < 4.78 is 5.10. The van der Waals surface area contributed by atoms with Crippen LogP contribution in [0.3, 0.4) is 0 Å². The normalized spacial score (nSPS) is 10.2. The van der Waals surface area contributed by atoms with Crippen molar-refractivity contribution < 1.29 is 14.0 Å². The second-order valence-corrected chi connectivity index (χ2v) is 4.43. The summed E-state index contributed by atoms with van der Waals surface area (Å²) in [6.07, 6.45) is 1.45. The number of nitrogens with one attached hydrogen (secondary N) is 2. The molecule has 2 rings (SSSR count). The minimum absolute atomic E-state index is 0.278. The van der Waals surface area contributed by atoms with E-state index in [2.05, 4.69) is 10.6 Å². The van der Waals surface area contributed by atoms with Gasteiger partial charge < -0.3 is 20.8 Å². The molecule has 0 aliphatic carbocycles. The highest BCUT2D eigenvalue weighted by Gasteiger charge is 2.15. The molecular weight excluding hydrogens is 270 g/mol. The summed E-state index contributed by atoms with van der Waals surface area (Å²) in [5.41, 5.74) is 6.63. The fourth-order valence-corrected chi connectivity index (χ4v) is 1.88. The molecule has 0 saturated carbocycles. The van der Waals surface area contributed by atoms with Crippen LogP contribution >= 0.6 is 0 Å². The van der Waals surface area contributed by atoms with Gasteiger partial charge in [0.2, 0.25) is 0 Å². The number of hydrogen-bond donors (Lipinski definition) is 3. The Morgan fingerprint density at radius 1 is 1.14 bits per heavy atom. The van der Waals surface area contributed by atoms with Crippen molar-refractivity contribution in [2.45, 2.75) is 6.92 Å². The first-order chi connectivity index (χ1) is 10.1. The fraction of sp³-hybridized carbons (Fsp3) is 0.200. The van der Waals surface area contributed by atoms with Gasteiger partial charge >= 0.3 is 0 Å². The number of aryl methyl sites for hydroxylation is 1. The summed E-state index contributed by atoms with van der Waals surface area (Å²) in [6, 6.07) is 8.38. The van der Waals surface area contributed by atoms with Crippen LogP contribution in [-0.4, -0.2) is 24.9 Å². The monoisotopic (exact) mass is 287 g/mol. The Labute approximate surface area is 122 Å². The number of anilines is 1. The quantitative estimate of drug-likeness (QED) is 0.776. The SMILES string of the molecule is Cc1occc1C(=O)Nc1ccccc1C(=O)NCCN. The molecule has 0 radical (unpaired) electrons. The molecule has 2 amide bonds. The second kappa shape index (κ2) is 6.71. The number of amides is 2. The lowest BCUT2D eigenvalue weighted by Crippen LogP contribution is -2.30. The summed E-state index contributed by atoms with van der Waals surface area (Å²) in [6.45, 7) is 2.44. The van der Waals surface area contributed by atoms with E-state index in [0.29, 0.717) is 35.7 Å². The number of para-hydroxylation sites is 1. The van der Waals surface area contributed by atoms with Crippen molar-refractivity contribution in [1.82, 2.24) is 5.32 Å². The molecule has 0 unspecified atom stereocenters. The summed E-state index contributed by atoms with van der Waals surface area (Å²) in [4.78, 5) is 24.2. The van der Waals surface area contributed by atoms with Gasteiger partial charge in [-0.05, 0) is 25.1 Å². The number of furan rings is 1. The first-order valence-electron chi connectivity index (χ1n) is 6.56. The van der Waals surface area contributed by atoms with Gasteiger partial charge in [0.1, 0.15) is 5.76 Å². The molecule has 110 valence electrons. The molecule has 0 atom stereocenters. The largest absolute Gasteiger partial charge is 0.469 e. The van der Waals surface area contributed by atoms with Crippen molar-refractivity contribution in [3.8, 4) is 0 Å². The third kappa shape index (κ3) is 3.49. The zero-order valence-corrected chi connectivity index (χ0v) is 11.7. The highest BCUT2D eigenvalue weighted by molar-refractivity contribution is 6.09. The molecule has 6 heteroatoms. The maximum Gasteiger partial charge on any atom is 0.259 e. The van der Waals surface area contributed by atoms with E-state index in [0.717, 1.165) is 0 Å². The minimum Gasteiger partial charge on any atom is -0.469 e. The van der Waals surface area contributed by atoms with E-state index in [-0.39, 0.29) is 11.8 Å². The first kappa shape index (κ1) is 14.8. The lowest BCUT2D eigenvalue weighted by atomic mass is 10.1. The number of benzene rings is 1. The van der Waals surface area contributed by atoms with E-state index >= 15 is 0 Å². The van der Waals surface area contributed by atoms with E-state index < -0.39 is 0 Å². The number of carbonyl (C=O) groups is 2. The molecule has 0 fully saturated rings. The van der Waals surface area contributed by atoms with Crippen LogP contribution in [0, 0.1) is 6.92 Å². The maximum atomic E-state index is 12.2. The predicted molar refractivity (Wildman–Crippen MR) is 79.2 cm³/mol. The van der Waals surface area contributed by atoms with E-state index in [1.165, 1.54) is 6.26 Å². The van der Waals surface area contributed by atoms with Crippen molar-refractivity contribution in [2.75, 3.05) is 18.4 Å². The lowest BCUT2D eigenvalue weighted by molar-refractivity contribution is 0.0955. The van der Waals surface area contributed by atoms with Gasteiger partial charge in [0.15, 0.2) is 0 Å². The van der Waals surface area contributed by atoms with Crippen molar-refractivity contribution in [2.24, 2.45) is 5.73 Å². The Hall–Kier alpha value is -2.60. The number of carbonyl (C=O) groups excluding carboxylic acids is 2. The van der Waals surface area contributed by atoms with Gasteiger partial charge in [-0.1, -0.05) is 12.1 Å². The van der Waals surface area contributed by atoms with Crippen LogP contribution in [0.5, 0.6) is 0 Å². The Kier molecular flexibility index (Phi) is 4.73. The second-order valence-electron chi connectivity index (χ2n) is 4.43. The lowest BCUT2D eigenvalue weighted by Gasteiger charge is -2.10. The van der Waals surface area contributed by atoms with Gasteiger partial charge in [0, 0.05) is 13.1 Å². The molecule has 1 heterocycles. The molecule has 1 aromatic heterocycles. The highest BCUT2D eigenvalue weighted by atomic mass is 16.3. The molecule has 0 aliphatic rings. The standard InChI is InChI=1S/C15H17N3O3/c1-10-11(6-9-21-10)15(20)18-13-5-3-2-4-12(13)14(19)17-8-7-16/h2-6,9H,7-8,16H2,1H3,(H,17,19)(H,18,20). The Morgan fingerprint density at radius 3 is 2.57 bits per heavy atom. The molecule has 1 aromatic carbocycles. The molecule has 0 bridgehead atoms. The van der Waals surface area contributed by atoms with Crippen LogP contribution in [0.25, 0.3) is 0 Å². The van der Waals surface area contributed by atoms with Gasteiger partial charge in [0.25, 0.3) is 11.8 Å². The molecule has 21 heavy (non-hydrogen) atoms. The first-order valence-corrected chi connectivity index (χ1v) is 6.56. The zero-order valence-electron chi connectivity index (χ0n) is 11.7. The third-order valence-corrected chi connectivity index (χ3v) is 2.95. The van der Waals surface area contributed by atoms with Gasteiger partial charge in [0.05, 0.1) is 23.1 Å². The number of nitrogens with two attached hydrogens (primary N) is 1. The van der Waals surface area contributed by atoms with Crippen molar-refractivity contribution in [1.29, 1.82) is 0 Å². The molecule has 0 spiro atoms. The van der Waals surface area contributed by atoms with Crippen LogP contribution in [0.1, 0.15) is 26.5 Å². The van der Waals surface area contributed by atoms with Gasteiger partial charge in [-0.25, -0.2) is 0 Å². The average molecular weight is 287 g/mol. The van der Waals surface area contributed by atoms with Crippen molar-refractivity contribution >= 4 is 17.5 Å². The Balaban J connectivity index is 2.19. The van der Waals surface area contributed by atoms with Crippen LogP contribution in [0.2, 0.25) is 0 Å². The van der Waals surface area contributed by atoms with Crippen LogP contribution in [0.4, 0.5) is 5.69 Å². The van der Waals surface area contributed by atoms with E-state index in [1.807, 2.05) is 0 Å². The van der Waals surface area contributed by atoms with Crippen LogP contribution in [0.15, 0.2) is 41.0 Å². The highest BCUT2D eigenvalue weighted by Crippen LogP contribution is 2.17. The molecule has 0 saturated heterocycles. The molecule has 6 nitrogen and oxygen atoms in total. The van der Waals surface area contributed by atoms with E-state index in [1.54, 1.807) is 37.3 Å². The van der Waals surface area contributed by atoms with Crippen LogP contribution < -0.4 is 16.4 Å². The summed E-state index contributed by atoms with van der Waals surface area (Å²) >= 11 is 0. The predicted octanol–water partition coefficient (Wildman–Crippen LogP) is 1.53.